The summed E-state index contributed by atoms with van der Waals surface area (Å²) in [6, 6.07) is 16.3. The number of aromatic nitrogens is 4. The second-order valence-corrected chi connectivity index (χ2v) is 7.41. The Bertz CT molecular complexity index is 1100. The molecule has 0 aliphatic carbocycles. The molecule has 0 aliphatic heterocycles. The average molecular weight is 426 g/mol. The first-order valence-electron chi connectivity index (χ1n) is 8.74. The van der Waals surface area contributed by atoms with E-state index in [2.05, 4.69) is 20.5 Å². The molecule has 1 aromatic carbocycles. The highest BCUT2D eigenvalue weighted by Crippen LogP contribution is 2.24. The number of carbonyl (C=O) groups is 1. The average Bonchev–Trinajstić information content (AvgIpc) is 3.38. The van der Waals surface area contributed by atoms with Gasteiger partial charge in [0.1, 0.15) is 11.5 Å². The second-order valence-electron chi connectivity index (χ2n) is 6.03. The van der Waals surface area contributed by atoms with Gasteiger partial charge in [0.05, 0.1) is 18.6 Å². The number of carbonyl (C=O) groups excluding carboxylic acids is 1. The molecule has 1 amide bonds. The molecule has 146 valence electrons. The van der Waals surface area contributed by atoms with E-state index in [4.69, 9.17) is 16.0 Å². The molecule has 0 fully saturated rings. The topological polar surface area (TPSA) is 85.8 Å². The lowest BCUT2D eigenvalue weighted by Crippen LogP contribution is -2.14. The summed E-state index contributed by atoms with van der Waals surface area (Å²) in [6.07, 6.45) is 3.32. The van der Waals surface area contributed by atoms with Gasteiger partial charge in [-0.1, -0.05) is 35.5 Å². The van der Waals surface area contributed by atoms with E-state index in [0.717, 1.165) is 5.76 Å². The summed E-state index contributed by atoms with van der Waals surface area (Å²) < 4.78 is 7.36. The number of hydrogen-bond donors (Lipinski definition) is 1. The van der Waals surface area contributed by atoms with Crippen molar-refractivity contribution in [2.24, 2.45) is 0 Å². The Morgan fingerprint density at radius 3 is 2.83 bits per heavy atom. The van der Waals surface area contributed by atoms with Crippen LogP contribution in [0.1, 0.15) is 5.76 Å². The molecular weight excluding hydrogens is 410 g/mol. The van der Waals surface area contributed by atoms with E-state index in [1.165, 1.54) is 11.8 Å². The van der Waals surface area contributed by atoms with Crippen LogP contribution in [0.15, 0.2) is 76.6 Å². The van der Waals surface area contributed by atoms with E-state index in [1.807, 2.05) is 34.9 Å². The summed E-state index contributed by atoms with van der Waals surface area (Å²) in [5.74, 6) is 1.38. The van der Waals surface area contributed by atoms with Gasteiger partial charge in [0.15, 0.2) is 11.0 Å². The molecule has 0 aliphatic rings. The predicted octanol–water partition coefficient (Wildman–Crippen LogP) is 4.37. The molecule has 9 heteroatoms. The van der Waals surface area contributed by atoms with Gasteiger partial charge in [0.25, 0.3) is 0 Å². The van der Waals surface area contributed by atoms with Gasteiger partial charge in [-0.25, -0.2) is 0 Å². The van der Waals surface area contributed by atoms with Crippen LogP contribution in [0.5, 0.6) is 0 Å². The van der Waals surface area contributed by atoms with Gasteiger partial charge in [0, 0.05) is 16.9 Å². The third-order valence-electron chi connectivity index (χ3n) is 3.95. The maximum atomic E-state index is 12.3. The lowest BCUT2D eigenvalue weighted by Gasteiger charge is -2.09. The summed E-state index contributed by atoms with van der Waals surface area (Å²) in [6.45, 7) is 0.435. The van der Waals surface area contributed by atoms with Crippen LogP contribution in [-0.2, 0) is 11.3 Å². The SMILES string of the molecule is O=C(CSc1nnc(-c2ccccn2)n1Cc1ccco1)Nc1cccc(Cl)c1. The molecule has 4 rings (SSSR count). The van der Waals surface area contributed by atoms with Gasteiger partial charge >= 0.3 is 0 Å². The van der Waals surface area contributed by atoms with Crippen molar-refractivity contribution in [3.63, 3.8) is 0 Å². The molecular formula is C20H16ClN5O2S. The maximum absolute atomic E-state index is 12.3. The van der Waals surface area contributed by atoms with E-state index < -0.39 is 0 Å². The Hall–Kier alpha value is -3.10. The van der Waals surface area contributed by atoms with E-state index in [1.54, 1.807) is 36.7 Å². The number of anilines is 1. The number of furan rings is 1. The van der Waals surface area contributed by atoms with Crippen molar-refractivity contribution < 1.29 is 9.21 Å². The molecule has 7 nitrogen and oxygen atoms in total. The highest BCUT2D eigenvalue weighted by molar-refractivity contribution is 7.99. The smallest absolute Gasteiger partial charge is 0.234 e. The normalized spacial score (nSPS) is 10.8. The minimum atomic E-state index is -0.163. The fraction of sp³-hybridized carbons (Fsp3) is 0.100. The highest BCUT2D eigenvalue weighted by atomic mass is 35.5. The number of hydrogen-bond acceptors (Lipinski definition) is 6. The molecule has 3 aromatic heterocycles. The number of halogens is 1. The summed E-state index contributed by atoms with van der Waals surface area (Å²) in [5.41, 5.74) is 1.34. The van der Waals surface area contributed by atoms with Gasteiger partial charge < -0.3 is 9.73 Å². The van der Waals surface area contributed by atoms with Gasteiger partial charge in [0.2, 0.25) is 5.91 Å². The minimum Gasteiger partial charge on any atom is -0.467 e. The Balaban J connectivity index is 1.52. The van der Waals surface area contributed by atoms with E-state index >= 15 is 0 Å². The molecule has 1 N–H and O–H groups in total. The summed E-state index contributed by atoms with van der Waals surface area (Å²) in [5, 5.41) is 12.5. The van der Waals surface area contributed by atoms with E-state index in [0.29, 0.717) is 33.9 Å². The third kappa shape index (κ3) is 4.85. The van der Waals surface area contributed by atoms with Crippen LogP contribution in [0.25, 0.3) is 11.5 Å². The molecule has 0 radical (unpaired) electrons. The first kappa shape index (κ1) is 19.2. The largest absolute Gasteiger partial charge is 0.467 e. The van der Waals surface area contributed by atoms with Crippen molar-refractivity contribution in [1.29, 1.82) is 0 Å². The first-order valence-corrected chi connectivity index (χ1v) is 10.1. The maximum Gasteiger partial charge on any atom is 0.234 e. The predicted molar refractivity (Wildman–Crippen MR) is 112 cm³/mol. The zero-order valence-corrected chi connectivity index (χ0v) is 16.7. The zero-order chi connectivity index (χ0) is 20.1. The molecule has 0 saturated carbocycles. The van der Waals surface area contributed by atoms with Crippen LogP contribution in [0.4, 0.5) is 5.69 Å². The van der Waals surface area contributed by atoms with Crippen LogP contribution in [0.2, 0.25) is 5.02 Å². The Labute approximate surface area is 176 Å². The lowest BCUT2D eigenvalue weighted by atomic mass is 10.3. The summed E-state index contributed by atoms with van der Waals surface area (Å²) in [4.78, 5) is 16.7. The Morgan fingerprint density at radius 1 is 1.14 bits per heavy atom. The summed E-state index contributed by atoms with van der Waals surface area (Å²) >= 11 is 7.25. The number of nitrogens with one attached hydrogen (secondary N) is 1. The standard InChI is InChI=1S/C20H16ClN5O2S/c21-14-5-3-6-15(11-14)23-18(27)13-29-20-25-24-19(17-8-1-2-9-22-17)26(20)12-16-7-4-10-28-16/h1-11H,12-13H2,(H,23,27). The van der Waals surface area contributed by atoms with Crippen LogP contribution < -0.4 is 5.32 Å². The Kier molecular flexibility index (Phi) is 5.92. The van der Waals surface area contributed by atoms with Gasteiger partial charge in [-0.3, -0.25) is 14.3 Å². The van der Waals surface area contributed by atoms with Gasteiger partial charge in [-0.05, 0) is 42.5 Å². The van der Waals surface area contributed by atoms with Gasteiger partial charge in [-0.2, -0.15) is 0 Å². The van der Waals surface area contributed by atoms with Crippen molar-refractivity contribution >= 4 is 35.0 Å². The van der Waals surface area contributed by atoms with Crippen LogP contribution >= 0.6 is 23.4 Å². The second kappa shape index (κ2) is 8.93. The van der Waals surface area contributed by atoms with Crippen LogP contribution in [0, 0.1) is 0 Å². The molecule has 0 atom stereocenters. The van der Waals surface area contributed by atoms with Crippen molar-refractivity contribution in [1.82, 2.24) is 19.7 Å². The number of nitrogens with zero attached hydrogens (tertiary/aromatic N) is 4. The van der Waals surface area contributed by atoms with Crippen LogP contribution in [0.3, 0.4) is 0 Å². The van der Waals surface area contributed by atoms with Crippen molar-refractivity contribution in [3.05, 3.63) is 77.8 Å². The lowest BCUT2D eigenvalue weighted by molar-refractivity contribution is -0.113. The van der Waals surface area contributed by atoms with Gasteiger partial charge in [-0.15, -0.1) is 10.2 Å². The number of amides is 1. The quantitative estimate of drug-likeness (QED) is 0.442. The zero-order valence-electron chi connectivity index (χ0n) is 15.2. The number of benzene rings is 1. The fourth-order valence-corrected chi connectivity index (χ4v) is 3.60. The molecule has 3 heterocycles. The summed E-state index contributed by atoms with van der Waals surface area (Å²) in [7, 11) is 0. The third-order valence-corrected chi connectivity index (χ3v) is 5.15. The monoisotopic (exact) mass is 425 g/mol. The fourth-order valence-electron chi connectivity index (χ4n) is 2.67. The highest BCUT2D eigenvalue weighted by Gasteiger charge is 2.17. The molecule has 0 saturated heterocycles. The van der Waals surface area contributed by atoms with Crippen molar-refractivity contribution in [3.8, 4) is 11.5 Å². The molecule has 0 bridgehead atoms. The molecule has 4 aromatic rings. The number of thioether (sulfide) groups is 1. The molecule has 0 unspecified atom stereocenters. The number of pyridine rings is 1. The van der Waals surface area contributed by atoms with Crippen molar-refractivity contribution in [2.45, 2.75) is 11.7 Å². The van der Waals surface area contributed by atoms with Crippen molar-refractivity contribution in [2.75, 3.05) is 11.1 Å². The number of rotatable bonds is 7. The minimum absolute atomic E-state index is 0.163. The van der Waals surface area contributed by atoms with E-state index in [9.17, 15) is 4.79 Å². The van der Waals surface area contributed by atoms with E-state index in [-0.39, 0.29) is 11.7 Å². The molecule has 29 heavy (non-hydrogen) atoms. The molecule has 0 spiro atoms. The Morgan fingerprint density at radius 2 is 2.07 bits per heavy atom. The first-order chi connectivity index (χ1) is 14.2. The van der Waals surface area contributed by atoms with Crippen LogP contribution in [-0.4, -0.2) is 31.4 Å².